The summed E-state index contributed by atoms with van der Waals surface area (Å²) in [6.45, 7) is 2.17. The van der Waals surface area contributed by atoms with Gasteiger partial charge in [-0.1, -0.05) is 121 Å². The maximum Gasteiger partial charge on any atom is 0.143 e. The van der Waals surface area contributed by atoms with E-state index in [4.69, 9.17) is 4.42 Å². The number of aryl methyl sites for hydroxylation is 1. The second-order valence-electron chi connectivity index (χ2n) is 13.0. The van der Waals surface area contributed by atoms with Crippen LogP contribution in [0.5, 0.6) is 0 Å². The maximum absolute atomic E-state index is 6.59. The molecule has 50 heavy (non-hydrogen) atoms. The third-order valence-electron chi connectivity index (χ3n) is 10.1. The Kier molecular flexibility index (Phi) is 6.40. The summed E-state index contributed by atoms with van der Waals surface area (Å²) in [6, 6.07) is 63.1. The van der Waals surface area contributed by atoms with Gasteiger partial charge in [0.25, 0.3) is 0 Å². The van der Waals surface area contributed by atoms with Crippen LogP contribution >= 0.6 is 0 Å². The van der Waals surface area contributed by atoms with Crippen molar-refractivity contribution >= 4 is 71.6 Å². The molecule has 0 saturated heterocycles. The van der Waals surface area contributed by atoms with Gasteiger partial charge in [0.1, 0.15) is 11.2 Å². The fourth-order valence-corrected chi connectivity index (χ4v) is 7.82. The molecule has 3 nitrogen and oxygen atoms in total. The summed E-state index contributed by atoms with van der Waals surface area (Å²) in [4.78, 5) is 2.41. The monoisotopic (exact) mass is 640 g/mol. The molecule has 10 rings (SSSR count). The third-order valence-corrected chi connectivity index (χ3v) is 10.1. The van der Waals surface area contributed by atoms with Gasteiger partial charge in [0.15, 0.2) is 0 Å². The summed E-state index contributed by atoms with van der Waals surface area (Å²) in [5, 5.41) is 7.01. The van der Waals surface area contributed by atoms with Crippen LogP contribution in [0.1, 0.15) is 5.56 Å². The molecule has 0 atom stereocenters. The van der Waals surface area contributed by atoms with E-state index >= 15 is 0 Å². The number of furan rings is 1. The van der Waals surface area contributed by atoms with Crippen molar-refractivity contribution in [2.24, 2.45) is 0 Å². The van der Waals surface area contributed by atoms with Crippen molar-refractivity contribution in [3.05, 3.63) is 181 Å². The molecule has 0 saturated carbocycles. The van der Waals surface area contributed by atoms with Crippen molar-refractivity contribution < 1.29 is 4.42 Å². The zero-order chi connectivity index (χ0) is 33.2. The minimum atomic E-state index is 0.912. The largest absolute Gasteiger partial charge is 0.455 e. The minimum Gasteiger partial charge on any atom is -0.455 e. The highest BCUT2D eigenvalue weighted by Crippen LogP contribution is 2.46. The molecule has 236 valence electrons. The summed E-state index contributed by atoms with van der Waals surface area (Å²) in [5.41, 5.74) is 12.2. The topological polar surface area (TPSA) is 21.3 Å². The van der Waals surface area contributed by atoms with E-state index in [1.165, 1.54) is 38.5 Å². The van der Waals surface area contributed by atoms with Crippen molar-refractivity contribution in [2.45, 2.75) is 6.92 Å². The Labute approximate surface area is 289 Å². The number of hydrogen-bond donors (Lipinski definition) is 0. The van der Waals surface area contributed by atoms with Crippen LogP contribution < -0.4 is 4.90 Å². The Hall–Kier alpha value is -6.58. The Balaban J connectivity index is 1.25. The van der Waals surface area contributed by atoms with Crippen molar-refractivity contribution in [3.8, 4) is 16.8 Å². The number of aromatic nitrogens is 1. The van der Waals surface area contributed by atoms with Crippen LogP contribution in [0.2, 0.25) is 0 Å². The van der Waals surface area contributed by atoms with Crippen LogP contribution in [0.15, 0.2) is 180 Å². The van der Waals surface area contributed by atoms with Crippen molar-refractivity contribution in [3.63, 3.8) is 0 Å². The van der Waals surface area contributed by atoms with Crippen LogP contribution in [-0.4, -0.2) is 4.57 Å². The third kappa shape index (κ3) is 4.37. The number of para-hydroxylation sites is 2. The Morgan fingerprint density at radius 1 is 0.460 bits per heavy atom. The van der Waals surface area contributed by atoms with Crippen LogP contribution in [-0.2, 0) is 0 Å². The summed E-state index contributed by atoms with van der Waals surface area (Å²) in [6.07, 6.45) is 0. The van der Waals surface area contributed by atoms with E-state index in [2.05, 4.69) is 192 Å². The quantitative estimate of drug-likeness (QED) is 0.187. The van der Waals surface area contributed by atoms with E-state index in [-0.39, 0.29) is 0 Å². The highest BCUT2D eigenvalue weighted by atomic mass is 16.3. The zero-order valence-electron chi connectivity index (χ0n) is 27.5. The van der Waals surface area contributed by atoms with E-state index < -0.39 is 0 Å². The molecule has 2 aromatic heterocycles. The minimum absolute atomic E-state index is 0.912. The molecule has 0 aliphatic heterocycles. The Bertz CT molecular complexity index is 2820. The maximum atomic E-state index is 6.59. The first-order valence-corrected chi connectivity index (χ1v) is 17.1. The summed E-state index contributed by atoms with van der Waals surface area (Å²) in [7, 11) is 0. The first-order valence-electron chi connectivity index (χ1n) is 17.1. The molecular formula is C47H32N2O. The predicted molar refractivity (Wildman–Crippen MR) is 210 cm³/mol. The highest BCUT2D eigenvalue weighted by Gasteiger charge is 2.22. The Morgan fingerprint density at radius 2 is 1.08 bits per heavy atom. The molecule has 0 radical (unpaired) electrons. The van der Waals surface area contributed by atoms with Gasteiger partial charge in [-0.25, -0.2) is 0 Å². The van der Waals surface area contributed by atoms with Crippen molar-refractivity contribution in [2.75, 3.05) is 4.90 Å². The summed E-state index contributed by atoms with van der Waals surface area (Å²) >= 11 is 0. The van der Waals surface area contributed by atoms with E-state index in [1.54, 1.807) is 0 Å². The van der Waals surface area contributed by atoms with Gasteiger partial charge in [-0.05, 0) is 78.2 Å². The molecule has 8 aromatic carbocycles. The zero-order valence-corrected chi connectivity index (χ0v) is 27.5. The lowest BCUT2D eigenvalue weighted by Crippen LogP contribution is -2.11. The number of anilines is 3. The standard InChI is InChI=1S/C47H32N2O/c1-31-13-11-24-45-46(31)41-30-44(39-20-5-6-21-40(39)47(41)50-45)48(34-27-25-33(26-28-34)32-14-3-2-4-15-32)35-16-12-17-36(29-35)49-42-22-9-7-18-37(42)38-19-8-10-23-43(38)49/h2-30H,1H3. The first kappa shape index (κ1) is 28.4. The molecule has 10 aromatic rings. The van der Waals surface area contributed by atoms with Gasteiger partial charge in [0, 0.05) is 49.4 Å². The van der Waals surface area contributed by atoms with Crippen LogP contribution in [0.4, 0.5) is 17.1 Å². The molecule has 0 spiro atoms. The normalized spacial score (nSPS) is 11.7. The highest BCUT2D eigenvalue weighted by molar-refractivity contribution is 6.20. The number of nitrogens with zero attached hydrogens (tertiary/aromatic N) is 2. The summed E-state index contributed by atoms with van der Waals surface area (Å²) < 4.78 is 8.97. The van der Waals surface area contributed by atoms with Crippen LogP contribution in [0.25, 0.3) is 71.3 Å². The average Bonchev–Trinajstić information content (AvgIpc) is 3.73. The first-order chi connectivity index (χ1) is 24.7. The molecule has 0 amide bonds. The number of benzene rings is 8. The number of hydrogen-bond acceptors (Lipinski definition) is 2. The molecule has 0 N–H and O–H groups in total. The number of fused-ring (bicyclic) bond motifs is 8. The van der Waals surface area contributed by atoms with Gasteiger partial charge in [0.2, 0.25) is 0 Å². The van der Waals surface area contributed by atoms with Gasteiger partial charge in [-0.15, -0.1) is 0 Å². The van der Waals surface area contributed by atoms with Gasteiger partial charge >= 0.3 is 0 Å². The molecule has 0 bridgehead atoms. The second kappa shape index (κ2) is 11.3. The molecule has 0 aliphatic rings. The van der Waals surface area contributed by atoms with E-state index in [9.17, 15) is 0 Å². The van der Waals surface area contributed by atoms with Gasteiger partial charge < -0.3 is 13.9 Å². The van der Waals surface area contributed by atoms with Gasteiger partial charge in [0.05, 0.1) is 16.7 Å². The summed E-state index contributed by atoms with van der Waals surface area (Å²) in [5.74, 6) is 0. The van der Waals surface area contributed by atoms with Crippen molar-refractivity contribution in [1.29, 1.82) is 0 Å². The molecule has 2 heterocycles. The van der Waals surface area contributed by atoms with Crippen molar-refractivity contribution in [1.82, 2.24) is 4.57 Å². The van der Waals surface area contributed by atoms with Crippen LogP contribution in [0, 0.1) is 6.92 Å². The molecule has 0 unspecified atom stereocenters. The average molecular weight is 641 g/mol. The van der Waals surface area contributed by atoms with E-state index in [1.807, 2.05) is 0 Å². The smallest absolute Gasteiger partial charge is 0.143 e. The van der Waals surface area contributed by atoms with E-state index in [0.29, 0.717) is 0 Å². The van der Waals surface area contributed by atoms with Gasteiger partial charge in [-0.2, -0.15) is 0 Å². The van der Waals surface area contributed by atoms with Crippen LogP contribution in [0.3, 0.4) is 0 Å². The fourth-order valence-electron chi connectivity index (χ4n) is 7.82. The molecule has 3 heteroatoms. The predicted octanol–water partition coefficient (Wildman–Crippen LogP) is 13.3. The molecular weight excluding hydrogens is 609 g/mol. The molecule has 0 fully saturated rings. The SMILES string of the molecule is Cc1cccc2oc3c4ccccc4c(N(c4ccc(-c5ccccc5)cc4)c4cccc(-n5c6ccccc6c6ccccc65)c4)cc3c12. The lowest BCUT2D eigenvalue weighted by molar-refractivity contribution is 0.672. The van der Waals surface area contributed by atoms with Gasteiger partial charge in [-0.3, -0.25) is 0 Å². The Morgan fingerprint density at radius 3 is 1.82 bits per heavy atom. The molecule has 0 aliphatic carbocycles. The number of rotatable bonds is 5. The van der Waals surface area contributed by atoms with E-state index in [0.717, 1.165) is 55.5 Å². The lowest BCUT2D eigenvalue weighted by atomic mass is 10.00. The fraction of sp³-hybridized carbons (Fsp3) is 0.0213. The lowest BCUT2D eigenvalue weighted by Gasteiger charge is -2.28. The second-order valence-corrected chi connectivity index (χ2v) is 13.0.